The molecule has 0 bridgehead atoms. The van der Waals surface area contributed by atoms with E-state index in [0.717, 1.165) is 9.22 Å². The zero-order valence-electron chi connectivity index (χ0n) is 5.33. The van der Waals surface area contributed by atoms with Gasteiger partial charge in [0.05, 0.1) is 3.57 Å². The van der Waals surface area contributed by atoms with Gasteiger partial charge >= 0.3 is 0 Å². The molecule has 0 radical (unpaired) electrons. The predicted octanol–water partition coefficient (Wildman–Crippen LogP) is 1.99. The smallest absolute Gasteiger partial charge is 0.154 e. The Morgan fingerprint density at radius 2 is 2.36 bits per heavy atom. The van der Waals surface area contributed by atoms with Crippen LogP contribution in [0.4, 0.5) is 0 Å². The van der Waals surface area contributed by atoms with E-state index >= 15 is 0 Å². The third-order valence-electron chi connectivity index (χ3n) is 1.30. The monoisotopic (exact) mass is 279 g/mol. The van der Waals surface area contributed by atoms with E-state index in [1.165, 1.54) is 0 Å². The maximum absolute atomic E-state index is 5.69. The Labute approximate surface area is 81.6 Å². The summed E-state index contributed by atoms with van der Waals surface area (Å²) in [6, 6.07) is 0. The molecule has 0 saturated carbocycles. The second kappa shape index (κ2) is 2.60. The molecule has 0 saturated heterocycles. The molecule has 0 fully saturated rings. The number of hydrogen-bond acceptors (Lipinski definition) is 2. The van der Waals surface area contributed by atoms with Crippen LogP contribution < -0.4 is 0 Å². The first-order valence-corrected chi connectivity index (χ1v) is 4.37. The van der Waals surface area contributed by atoms with E-state index in [1.54, 1.807) is 23.1 Å². The summed E-state index contributed by atoms with van der Waals surface area (Å²) >= 11 is 7.86. The van der Waals surface area contributed by atoms with Gasteiger partial charge < -0.3 is 0 Å². The van der Waals surface area contributed by atoms with Crippen molar-refractivity contribution in [1.82, 2.24) is 14.4 Å². The van der Waals surface area contributed by atoms with Crippen molar-refractivity contribution < 1.29 is 0 Å². The number of rotatable bonds is 0. The molecule has 11 heavy (non-hydrogen) atoms. The topological polar surface area (TPSA) is 30.2 Å². The van der Waals surface area contributed by atoms with Gasteiger partial charge in [0.1, 0.15) is 11.5 Å². The highest BCUT2D eigenvalue weighted by atomic mass is 127. The molecule has 0 aliphatic rings. The third kappa shape index (κ3) is 1.20. The highest BCUT2D eigenvalue weighted by molar-refractivity contribution is 14.1. The van der Waals surface area contributed by atoms with Gasteiger partial charge in [-0.2, -0.15) is 0 Å². The Morgan fingerprint density at radius 3 is 3.09 bits per heavy atom. The second-order valence-electron chi connectivity index (χ2n) is 2.04. The van der Waals surface area contributed by atoms with E-state index in [4.69, 9.17) is 11.6 Å². The highest BCUT2D eigenvalue weighted by Gasteiger charge is 2.01. The van der Waals surface area contributed by atoms with Crippen LogP contribution in [0.25, 0.3) is 5.65 Å². The van der Waals surface area contributed by atoms with Crippen LogP contribution in [-0.2, 0) is 0 Å². The molecule has 2 aromatic heterocycles. The highest BCUT2D eigenvalue weighted by Crippen LogP contribution is 2.13. The van der Waals surface area contributed by atoms with Crippen LogP contribution in [0.3, 0.4) is 0 Å². The molecule has 2 aromatic rings. The average molecular weight is 279 g/mol. The molecule has 2 heterocycles. The number of aromatic nitrogens is 3. The van der Waals surface area contributed by atoms with Crippen molar-refractivity contribution in [3.8, 4) is 0 Å². The summed E-state index contributed by atoms with van der Waals surface area (Å²) in [6.07, 6.45) is 5.15. The Balaban J connectivity index is 2.90. The van der Waals surface area contributed by atoms with Gasteiger partial charge in [-0.3, -0.25) is 4.40 Å². The molecular formula is C6H3ClIN3. The average Bonchev–Trinajstić information content (AvgIpc) is 2.31. The number of fused-ring (bicyclic) bond motifs is 1. The zero-order chi connectivity index (χ0) is 7.84. The molecule has 0 amide bonds. The first-order valence-electron chi connectivity index (χ1n) is 2.91. The van der Waals surface area contributed by atoms with Crippen molar-refractivity contribution in [2.75, 3.05) is 0 Å². The van der Waals surface area contributed by atoms with Crippen LogP contribution in [0.15, 0.2) is 18.7 Å². The lowest BCUT2D eigenvalue weighted by Crippen LogP contribution is -1.87. The number of nitrogens with zero attached hydrogens (tertiary/aromatic N) is 3. The Bertz CT molecular complexity index is 398. The van der Waals surface area contributed by atoms with Crippen molar-refractivity contribution >= 4 is 39.8 Å². The van der Waals surface area contributed by atoms with Crippen molar-refractivity contribution in [2.24, 2.45) is 0 Å². The summed E-state index contributed by atoms with van der Waals surface area (Å²) in [5, 5.41) is 0.496. The summed E-state index contributed by atoms with van der Waals surface area (Å²) in [7, 11) is 0. The molecule has 0 aliphatic carbocycles. The van der Waals surface area contributed by atoms with Crippen molar-refractivity contribution in [3.05, 3.63) is 27.4 Å². The van der Waals surface area contributed by atoms with Crippen molar-refractivity contribution in [3.63, 3.8) is 0 Å². The Kier molecular flexibility index (Phi) is 1.72. The molecular weight excluding hydrogens is 276 g/mol. The molecule has 0 atom stereocenters. The van der Waals surface area contributed by atoms with Crippen molar-refractivity contribution in [2.45, 2.75) is 0 Å². The van der Waals surface area contributed by atoms with Gasteiger partial charge in [-0.1, -0.05) is 11.6 Å². The summed E-state index contributed by atoms with van der Waals surface area (Å²) < 4.78 is 2.79. The van der Waals surface area contributed by atoms with Crippen LogP contribution >= 0.6 is 34.2 Å². The minimum absolute atomic E-state index is 0.496. The fraction of sp³-hybridized carbons (Fsp3) is 0. The molecule has 0 N–H and O–H groups in total. The summed E-state index contributed by atoms with van der Waals surface area (Å²) in [5.41, 5.74) is 0.852. The second-order valence-corrected chi connectivity index (χ2v) is 3.59. The van der Waals surface area contributed by atoms with Crippen LogP contribution in [0.5, 0.6) is 0 Å². The van der Waals surface area contributed by atoms with Gasteiger partial charge in [0.2, 0.25) is 0 Å². The largest absolute Gasteiger partial charge is 0.288 e. The van der Waals surface area contributed by atoms with Gasteiger partial charge in [0.15, 0.2) is 5.65 Å². The summed E-state index contributed by atoms with van der Waals surface area (Å²) in [6.45, 7) is 0. The Morgan fingerprint density at radius 1 is 1.55 bits per heavy atom. The summed E-state index contributed by atoms with van der Waals surface area (Å²) in [5.74, 6) is 0. The fourth-order valence-corrected chi connectivity index (χ4v) is 1.60. The molecule has 0 aromatic carbocycles. The van der Waals surface area contributed by atoms with Gasteiger partial charge in [0, 0.05) is 12.4 Å². The minimum atomic E-state index is 0.496. The number of hydrogen-bond donors (Lipinski definition) is 0. The fourth-order valence-electron chi connectivity index (χ4n) is 0.857. The lowest BCUT2D eigenvalue weighted by atomic mass is 10.6. The lowest BCUT2D eigenvalue weighted by Gasteiger charge is -1.91. The number of halogens is 2. The third-order valence-corrected chi connectivity index (χ3v) is 2.24. The molecule has 3 nitrogen and oxygen atoms in total. The lowest BCUT2D eigenvalue weighted by molar-refractivity contribution is 1.08. The maximum Gasteiger partial charge on any atom is 0.154 e. The van der Waals surface area contributed by atoms with E-state index in [1.807, 2.05) is 0 Å². The molecule has 0 aliphatic heterocycles. The maximum atomic E-state index is 5.69. The molecule has 5 heteroatoms. The van der Waals surface area contributed by atoms with E-state index in [9.17, 15) is 0 Å². The van der Waals surface area contributed by atoms with E-state index in [0.29, 0.717) is 5.15 Å². The van der Waals surface area contributed by atoms with Crippen LogP contribution in [-0.4, -0.2) is 14.4 Å². The van der Waals surface area contributed by atoms with E-state index < -0.39 is 0 Å². The first kappa shape index (κ1) is 7.30. The molecule has 0 spiro atoms. The van der Waals surface area contributed by atoms with Gasteiger partial charge in [0.25, 0.3) is 0 Å². The van der Waals surface area contributed by atoms with Crippen LogP contribution in [0.2, 0.25) is 5.15 Å². The quantitative estimate of drug-likeness (QED) is 0.690. The molecule has 2 rings (SSSR count). The van der Waals surface area contributed by atoms with Crippen LogP contribution in [0, 0.1) is 3.57 Å². The first-order chi connectivity index (χ1) is 5.27. The van der Waals surface area contributed by atoms with Gasteiger partial charge in [-0.25, -0.2) is 9.97 Å². The molecule has 0 unspecified atom stereocenters. The van der Waals surface area contributed by atoms with Crippen molar-refractivity contribution in [1.29, 1.82) is 0 Å². The SMILES string of the molecule is Clc1cn2cncc(I)c2n1. The molecule has 56 valence electrons. The summed E-state index contributed by atoms with van der Waals surface area (Å²) in [4.78, 5) is 8.08. The Hall–Kier alpha value is -0.360. The standard InChI is InChI=1S/C6H3ClIN3/c7-5-2-11-3-9-1-4(8)6(11)10-5/h1-3H. The normalized spacial score (nSPS) is 10.7. The predicted molar refractivity (Wildman–Crippen MR) is 50.7 cm³/mol. The number of imidazole rings is 1. The zero-order valence-corrected chi connectivity index (χ0v) is 8.24. The van der Waals surface area contributed by atoms with E-state index in [-0.39, 0.29) is 0 Å². The van der Waals surface area contributed by atoms with E-state index in [2.05, 4.69) is 32.6 Å². The van der Waals surface area contributed by atoms with Crippen LogP contribution in [0.1, 0.15) is 0 Å². The van der Waals surface area contributed by atoms with Gasteiger partial charge in [-0.15, -0.1) is 0 Å². The minimum Gasteiger partial charge on any atom is -0.288 e. The van der Waals surface area contributed by atoms with Gasteiger partial charge in [-0.05, 0) is 22.6 Å².